The van der Waals surface area contributed by atoms with Crippen molar-refractivity contribution in [3.05, 3.63) is 30.2 Å². The highest BCUT2D eigenvalue weighted by Crippen LogP contribution is 2.28. The van der Waals surface area contributed by atoms with Crippen molar-refractivity contribution in [3.63, 3.8) is 0 Å². The number of pyridine rings is 1. The van der Waals surface area contributed by atoms with E-state index >= 15 is 0 Å². The van der Waals surface area contributed by atoms with Crippen LogP contribution in [0.3, 0.4) is 0 Å². The summed E-state index contributed by atoms with van der Waals surface area (Å²) in [6.07, 6.45) is 2.18. The second kappa shape index (κ2) is 4.31. The standard InChI is InChI=1S/C13H14F2N2O/c14-13(15)4-2-6-17(9-13)8-11-7-10-3-1-5-16-12(10)18-11/h1,3,5,7H,2,4,6,8-9H2. The van der Waals surface area contributed by atoms with Crippen molar-refractivity contribution in [2.24, 2.45) is 0 Å². The zero-order chi connectivity index (χ0) is 12.6. The van der Waals surface area contributed by atoms with Crippen LogP contribution in [0.25, 0.3) is 11.1 Å². The van der Waals surface area contributed by atoms with Crippen LogP contribution in [-0.2, 0) is 6.54 Å². The summed E-state index contributed by atoms with van der Waals surface area (Å²) in [6, 6.07) is 5.60. The zero-order valence-corrected chi connectivity index (χ0v) is 9.90. The fraction of sp³-hybridized carbons (Fsp3) is 0.462. The molecule has 0 saturated carbocycles. The topological polar surface area (TPSA) is 29.3 Å². The molecule has 0 N–H and O–H groups in total. The molecule has 1 fully saturated rings. The molecular formula is C13H14F2N2O. The van der Waals surface area contributed by atoms with Gasteiger partial charge in [-0.15, -0.1) is 0 Å². The maximum atomic E-state index is 13.3. The Morgan fingerprint density at radius 2 is 2.33 bits per heavy atom. The molecule has 2 aromatic heterocycles. The maximum Gasteiger partial charge on any atom is 0.260 e. The SMILES string of the molecule is FC1(F)CCCN(Cc2cc3cccnc3o2)C1. The first kappa shape index (κ1) is 11.6. The van der Waals surface area contributed by atoms with Gasteiger partial charge in [0.25, 0.3) is 5.92 Å². The summed E-state index contributed by atoms with van der Waals surface area (Å²) < 4.78 is 32.1. The van der Waals surface area contributed by atoms with Gasteiger partial charge in [-0.2, -0.15) is 0 Å². The average Bonchev–Trinajstić information content (AvgIpc) is 2.69. The molecule has 1 aliphatic heterocycles. The first-order chi connectivity index (χ1) is 8.62. The van der Waals surface area contributed by atoms with Crippen LogP contribution in [0.4, 0.5) is 8.78 Å². The van der Waals surface area contributed by atoms with Crippen LogP contribution in [0.2, 0.25) is 0 Å². The van der Waals surface area contributed by atoms with Gasteiger partial charge in [-0.1, -0.05) is 0 Å². The Balaban J connectivity index is 1.76. The van der Waals surface area contributed by atoms with Crippen LogP contribution < -0.4 is 0 Å². The van der Waals surface area contributed by atoms with E-state index in [1.165, 1.54) is 0 Å². The van der Waals surface area contributed by atoms with Crippen LogP contribution in [0.15, 0.2) is 28.8 Å². The molecular weight excluding hydrogens is 238 g/mol. The Kier molecular flexibility index (Phi) is 2.78. The molecule has 0 spiro atoms. The van der Waals surface area contributed by atoms with Gasteiger partial charge in [0.05, 0.1) is 13.1 Å². The number of halogens is 2. The molecule has 1 aliphatic rings. The van der Waals surface area contributed by atoms with Crippen LogP contribution in [0.5, 0.6) is 0 Å². The number of aromatic nitrogens is 1. The fourth-order valence-electron chi connectivity index (χ4n) is 2.41. The first-order valence-corrected chi connectivity index (χ1v) is 6.06. The van der Waals surface area contributed by atoms with Gasteiger partial charge in [-0.25, -0.2) is 13.8 Å². The van der Waals surface area contributed by atoms with Crippen molar-refractivity contribution in [2.75, 3.05) is 13.1 Å². The fourth-order valence-corrected chi connectivity index (χ4v) is 2.41. The van der Waals surface area contributed by atoms with Gasteiger partial charge in [0.15, 0.2) is 0 Å². The van der Waals surface area contributed by atoms with Gasteiger partial charge < -0.3 is 4.42 Å². The number of furan rings is 1. The molecule has 3 rings (SSSR count). The summed E-state index contributed by atoms with van der Waals surface area (Å²) in [6.45, 7) is 0.934. The van der Waals surface area contributed by atoms with Gasteiger partial charge >= 0.3 is 0 Å². The number of hydrogen-bond acceptors (Lipinski definition) is 3. The van der Waals surface area contributed by atoms with E-state index in [0.29, 0.717) is 31.0 Å². The summed E-state index contributed by atoms with van der Waals surface area (Å²) in [4.78, 5) is 5.83. The van der Waals surface area contributed by atoms with Crippen LogP contribution in [0.1, 0.15) is 18.6 Å². The van der Waals surface area contributed by atoms with Crippen molar-refractivity contribution in [1.82, 2.24) is 9.88 Å². The molecule has 2 aromatic rings. The van der Waals surface area contributed by atoms with Crippen LogP contribution >= 0.6 is 0 Å². The molecule has 0 amide bonds. The predicted octanol–water partition coefficient (Wildman–Crippen LogP) is 3.06. The van der Waals surface area contributed by atoms with Crippen molar-refractivity contribution in [2.45, 2.75) is 25.3 Å². The van der Waals surface area contributed by atoms with E-state index in [1.807, 2.05) is 18.2 Å². The van der Waals surface area contributed by atoms with E-state index in [1.54, 1.807) is 11.1 Å². The number of likely N-dealkylation sites (tertiary alicyclic amines) is 1. The zero-order valence-electron chi connectivity index (χ0n) is 9.90. The molecule has 0 aromatic carbocycles. The highest BCUT2D eigenvalue weighted by molar-refractivity contribution is 5.73. The molecule has 0 radical (unpaired) electrons. The molecule has 0 unspecified atom stereocenters. The van der Waals surface area contributed by atoms with Crippen molar-refractivity contribution < 1.29 is 13.2 Å². The maximum absolute atomic E-state index is 13.3. The Morgan fingerprint density at radius 1 is 1.44 bits per heavy atom. The van der Waals surface area contributed by atoms with E-state index < -0.39 is 5.92 Å². The van der Waals surface area contributed by atoms with Gasteiger partial charge in [0, 0.05) is 18.0 Å². The number of alkyl halides is 2. The molecule has 96 valence electrons. The number of hydrogen-bond donors (Lipinski definition) is 0. The van der Waals surface area contributed by atoms with Crippen molar-refractivity contribution >= 4 is 11.1 Å². The first-order valence-electron chi connectivity index (χ1n) is 6.06. The number of piperidine rings is 1. The number of nitrogens with zero attached hydrogens (tertiary/aromatic N) is 2. The minimum atomic E-state index is -2.57. The van der Waals surface area contributed by atoms with Crippen molar-refractivity contribution in [1.29, 1.82) is 0 Å². The molecule has 0 aliphatic carbocycles. The quantitative estimate of drug-likeness (QED) is 0.822. The Morgan fingerprint density at radius 3 is 3.11 bits per heavy atom. The molecule has 0 bridgehead atoms. The summed E-state index contributed by atoms with van der Waals surface area (Å²) in [5.41, 5.74) is 0.566. The lowest BCUT2D eigenvalue weighted by Crippen LogP contribution is -2.41. The van der Waals surface area contributed by atoms with E-state index in [4.69, 9.17) is 4.42 Å². The van der Waals surface area contributed by atoms with Crippen molar-refractivity contribution in [3.8, 4) is 0 Å². The third kappa shape index (κ3) is 2.36. The lowest BCUT2D eigenvalue weighted by molar-refractivity contribution is -0.0672. The monoisotopic (exact) mass is 252 g/mol. The molecule has 5 heteroatoms. The summed E-state index contributed by atoms with van der Waals surface area (Å²) >= 11 is 0. The van der Waals surface area contributed by atoms with E-state index in [9.17, 15) is 8.78 Å². The van der Waals surface area contributed by atoms with E-state index in [-0.39, 0.29) is 13.0 Å². The third-order valence-corrected chi connectivity index (χ3v) is 3.20. The van der Waals surface area contributed by atoms with Crippen LogP contribution in [0, 0.1) is 0 Å². The largest absolute Gasteiger partial charge is 0.441 e. The molecule has 1 saturated heterocycles. The van der Waals surface area contributed by atoms with Gasteiger partial charge in [0.2, 0.25) is 5.71 Å². The summed E-state index contributed by atoms with van der Waals surface area (Å²) in [7, 11) is 0. The minimum Gasteiger partial charge on any atom is -0.441 e. The summed E-state index contributed by atoms with van der Waals surface area (Å²) in [5.74, 6) is -1.87. The smallest absolute Gasteiger partial charge is 0.260 e. The van der Waals surface area contributed by atoms with E-state index in [2.05, 4.69) is 4.98 Å². The van der Waals surface area contributed by atoms with Gasteiger partial charge in [0.1, 0.15) is 5.76 Å². The third-order valence-electron chi connectivity index (χ3n) is 3.20. The normalized spacial score (nSPS) is 20.3. The number of rotatable bonds is 2. The predicted molar refractivity (Wildman–Crippen MR) is 63.5 cm³/mol. The lowest BCUT2D eigenvalue weighted by atomic mass is 10.1. The highest BCUT2D eigenvalue weighted by Gasteiger charge is 2.35. The summed E-state index contributed by atoms with van der Waals surface area (Å²) in [5, 5.41) is 0.913. The molecule has 3 nitrogen and oxygen atoms in total. The molecule has 18 heavy (non-hydrogen) atoms. The van der Waals surface area contributed by atoms with E-state index in [0.717, 1.165) is 5.39 Å². The Hall–Kier alpha value is -1.49. The molecule has 0 atom stereocenters. The average molecular weight is 252 g/mol. The van der Waals surface area contributed by atoms with Gasteiger partial charge in [-0.05, 0) is 31.2 Å². The second-order valence-corrected chi connectivity index (χ2v) is 4.78. The Labute approximate surface area is 103 Å². The van der Waals surface area contributed by atoms with Crippen LogP contribution in [-0.4, -0.2) is 28.9 Å². The lowest BCUT2D eigenvalue weighted by Gasteiger charge is -2.31. The minimum absolute atomic E-state index is 0.00874. The number of fused-ring (bicyclic) bond motifs is 1. The molecule has 3 heterocycles. The Bertz CT molecular complexity index is 520. The second-order valence-electron chi connectivity index (χ2n) is 4.78. The highest BCUT2D eigenvalue weighted by atomic mass is 19.3. The van der Waals surface area contributed by atoms with Gasteiger partial charge in [-0.3, -0.25) is 4.90 Å².